The van der Waals surface area contributed by atoms with Crippen molar-refractivity contribution in [1.82, 2.24) is 4.72 Å². The molecule has 2 rings (SSSR count). The van der Waals surface area contributed by atoms with Crippen molar-refractivity contribution >= 4 is 21.4 Å². The van der Waals surface area contributed by atoms with Crippen molar-refractivity contribution in [2.45, 2.75) is 10.8 Å². The fourth-order valence-electron chi connectivity index (χ4n) is 1.49. The summed E-state index contributed by atoms with van der Waals surface area (Å²) in [5, 5.41) is 1.68. The molecule has 0 atom stereocenters. The second-order valence-electron chi connectivity index (χ2n) is 3.73. The number of hydrogen-bond donors (Lipinski definition) is 1. The van der Waals surface area contributed by atoms with E-state index in [0.717, 1.165) is 11.3 Å². The number of benzene rings is 1. The first-order valence-electron chi connectivity index (χ1n) is 5.38. The SMILES string of the molecule is COc1ccc(CNS(=O)(=O)c2cccs2)cc1F. The van der Waals surface area contributed by atoms with E-state index in [1.54, 1.807) is 17.5 Å². The van der Waals surface area contributed by atoms with Crippen LogP contribution < -0.4 is 9.46 Å². The monoisotopic (exact) mass is 301 g/mol. The van der Waals surface area contributed by atoms with Crippen LogP contribution in [0.5, 0.6) is 5.75 Å². The standard InChI is InChI=1S/C12H12FNO3S2/c1-17-11-5-4-9(7-10(11)13)8-14-19(15,16)12-3-2-6-18-12/h2-7,14H,8H2,1H3. The summed E-state index contributed by atoms with van der Waals surface area (Å²) in [5.41, 5.74) is 0.526. The van der Waals surface area contributed by atoms with E-state index < -0.39 is 15.8 Å². The maximum atomic E-state index is 13.4. The minimum atomic E-state index is -3.53. The van der Waals surface area contributed by atoms with Gasteiger partial charge in [-0.15, -0.1) is 11.3 Å². The van der Waals surface area contributed by atoms with Gasteiger partial charge in [0.15, 0.2) is 11.6 Å². The van der Waals surface area contributed by atoms with Gasteiger partial charge >= 0.3 is 0 Å². The van der Waals surface area contributed by atoms with Crippen LogP contribution in [0.1, 0.15) is 5.56 Å². The number of methoxy groups -OCH3 is 1. The highest BCUT2D eigenvalue weighted by atomic mass is 32.2. The van der Waals surface area contributed by atoms with Crippen LogP contribution in [0, 0.1) is 5.82 Å². The molecule has 0 unspecified atom stereocenters. The molecule has 0 spiro atoms. The molecule has 0 fully saturated rings. The minimum Gasteiger partial charge on any atom is -0.494 e. The lowest BCUT2D eigenvalue weighted by Crippen LogP contribution is -2.22. The molecule has 102 valence electrons. The Morgan fingerprint density at radius 2 is 2.16 bits per heavy atom. The van der Waals surface area contributed by atoms with Crippen LogP contribution in [-0.4, -0.2) is 15.5 Å². The highest BCUT2D eigenvalue weighted by Crippen LogP contribution is 2.19. The van der Waals surface area contributed by atoms with Crippen LogP contribution in [0.25, 0.3) is 0 Å². The van der Waals surface area contributed by atoms with Gasteiger partial charge in [0.05, 0.1) is 7.11 Å². The summed E-state index contributed by atoms with van der Waals surface area (Å²) in [6.07, 6.45) is 0. The van der Waals surface area contributed by atoms with Crippen LogP contribution >= 0.6 is 11.3 Å². The van der Waals surface area contributed by atoms with Crippen molar-refractivity contribution in [3.05, 3.63) is 47.1 Å². The zero-order chi connectivity index (χ0) is 13.9. The van der Waals surface area contributed by atoms with E-state index >= 15 is 0 Å². The van der Waals surface area contributed by atoms with Gasteiger partial charge in [-0.1, -0.05) is 12.1 Å². The molecule has 1 N–H and O–H groups in total. The molecule has 0 bridgehead atoms. The van der Waals surface area contributed by atoms with Gasteiger partial charge < -0.3 is 4.74 Å². The molecule has 1 aromatic heterocycles. The summed E-state index contributed by atoms with van der Waals surface area (Å²) in [6.45, 7) is 0.0289. The molecule has 19 heavy (non-hydrogen) atoms. The second-order valence-corrected chi connectivity index (χ2v) is 6.67. The Hall–Kier alpha value is -1.44. The Morgan fingerprint density at radius 3 is 2.74 bits per heavy atom. The van der Waals surface area contributed by atoms with Crippen LogP contribution in [0.3, 0.4) is 0 Å². The molecule has 0 aliphatic rings. The summed E-state index contributed by atoms with van der Waals surface area (Å²) in [7, 11) is -2.16. The predicted octanol–water partition coefficient (Wildman–Crippen LogP) is 2.37. The predicted molar refractivity (Wildman–Crippen MR) is 71.3 cm³/mol. The molecule has 1 aromatic carbocycles. The van der Waals surface area contributed by atoms with Crippen LogP contribution in [0.4, 0.5) is 4.39 Å². The number of ether oxygens (including phenoxy) is 1. The number of sulfonamides is 1. The quantitative estimate of drug-likeness (QED) is 0.922. The molecular weight excluding hydrogens is 289 g/mol. The Labute approximate surface area is 114 Å². The molecule has 0 aliphatic carbocycles. The average Bonchev–Trinajstić information content (AvgIpc) is 2.91. The first-order chi connectivity index (χ1) is 9.03. The second kappa shape index (κ2) is 5.68. The van der Waals surface area contributed by atoms with E-state index in [2.05, 4.69) is 4.72 Å². The van der Waals surface area contributed by atoms with E-state index in [0.29, 0.717) is 5.56 Å². The summed E-state index contributed by atoms with van der Waals surface area (Å²) in [5.74, 6) is -0.389. The number of hydrogen-bond acceptors (Lipinski definition) is 4. The number of rotatable bonds is 5. The lowest BCUT2D eigenvalue weighted by molar-refractivity contribution is 0.386. The van der Waals surface area contributed by atoms with E-state index in [9.17, 15) is 12.8 Å². The van der Waals surface area contributed by atoms with Gasteiger partial charge in [-0.05, 0) is 29.1 Å². The topological polar surface area (TPSA) is 55.4 Å². The van der Waals surface area contributed by atoms with Crippen molar-refractivity contribution in [1.29, 1.82) is 0 Å². The van der Waals surface area contributed by atoms with E-state index in [4.69, 9.17) is 4.74 Å². The molecule has 2 aromatic rings. The highest BCUT2D eigenvalue weighted by Gasteiger charge is 2.14. The van der Waals surface area contributed by atoms with E-state index in [1.165, 1.54) is 25.3 Å². The average molecular weight is 301 g/mol. The van der Waals surface area contributed by atoms with Crippen LogP contribution in [0.2, 0.25) is 0 Å². The summed E-state index contributed by atoms with van der Waals surface area (Å²) < 4.78 is 44.6. The van der Waals surface area contributed by atoms with E-state index in [-0.39, 0.29) is 16.5 Å². The van der Waals surface area contributed by atoms with Gasteiger partial charge in [0.1, 0.15) is 4.21 Å². The van der Waals surface area contributed by atoms with Crippen molar-refractivity contribution in [3.8, 4) is 5.75 Å². The third-order valence-corrected chi connectivity index (χ3v) is 5.24. The summed E-state index contributed by atoms with van der Waals surface area (Å²) >= 11 is 1.13. The maximum absolute atomic E-state index is 13.4. The molecular formula is C12H12FNO3S2. The zero-order valence-corrected chi connectivity index (χ0v) is 11.7. The molecule has 0 radical (unpaired) electrons. The smallest absolute Gasteiger partial charge is 0.250 e. The fraction of sp³-hybridized carbons (Fsp3) is 0.167. The normalized spacial score (nSPS) is 11.5. The summed E-state index contributed by atoms with van der Waals surface area (Å²) in [4.78, 5) is 0. The largest absolute Gasteiger partial charge is 0.494 e. The number of nitrogens with one attached hydrogen (secondary N) is 1. The first-order valence-corrected chi connectivity index (χ1v) is 7.75. The van der Waals surface area contributed by atoms with Gasteiger partial charge in [0, 0.05) is 6.54 Å². The van der Waals surface area contributed by atoms with Gasteiger partial charge in [-0.3, -0.25) is 0 Å². The van der Waals surface area contributed by atoms with Crippen molar-refractivity contribution in [2.75, 3.05) is 7.11 Å². The lowest BCUT2D eigenvalue weighted by Gasteiger charge is -2.07. The fourth-order valence-corrected chi connectivity index (χ4v) is 3.54. The minimum absolute atomic E-state index is 0.0289. The van der Waals surface area contributed by atoms with E-state index in [1.807, 2.05) is 0 Å². The molecule has 1 heterocycles. The van der Waals surface area contributed by atoms with Gasteiger partial charge in [-0.25, -0.2) is 17.5 Å². The molecule has 0 aliphatic heterocycles. The molecule has 0 amide bonds. The molecule has 7 heteroatoms. The molecule has 4 nitrogen and oxygen atoms in total. The van der Waals surface area contributed by atoms with Crippen molar-refractivity contribution in [3.63, 3.8) is 0 Å². The summed E-state index contributed by atoms with van der Waals surface area (Å²) in [6, 6.07) is 7.49. The van der Waals surface area contributed by atoms with Crippen molar-refractivity contribution in [2.24, 2.45) is 0 Å². The first kappa shape index (κ1) is 14.0. The lowest BCUT2D eigenvalue weighted by atomic mass is 10.2. The molecule has 0 saturated carbocycles. The Morgan fingerprint density at radius 1 is 1.37 bits per heavy atom. The number of thiophene rings is 1. The van der Waals surface area contributed by atoms with Crippen LogP contribution in [-0.2, 0) is 16.6 Å². The number of halogens is 1. The Bertz CT molecular complexity index is 654. The highest BCUT2D eigenvalue weighted by molar-refractivity contribution is 7.91. The van der Waals surface area contributed by atoms with Crippen LogP contribution in [0.15, 0.2) is 39.9 Å². The Balaban J connectivity index is 2.09. The maximum Gasteiger partial charge on any atom is 0.250 e. The van der Waals surface area contributed by atoms with Gasteiger partial charge in [-0.2, -0.15) is 0 Å². The van der Waals surface area contributed by atoms with Crippen molar-refractivity contribution < 1.29 is 17.5 Å². The molecule has 0 saturated heterocycles. The third-order valence-electron chi connectivity index (χ3n) is 2.44. The van der Waals surface area contributed by atoms with Gasteiger partial charge in [0.25, 0.3) is 0 Å². The Kier molecular flexibility index (Phi) is 4.18. The zero-order valence-electron chi connectivity index (χ0n) is 10.1. The van der Waals surface area contributed by atoms with Gasteiger partial charge in [0.2, 0.25) is 10.0 Å². The third kappa shape index (κ3) is 3.31.